The van der Waals surface area contributed by atoms with Crippen molar-refractivity contribution in [3.8, 4) is 0 Å². The third-order valence-electron chi connectivity index (χ3n) is 1.35. The van der Waals surface area contributed by atoms with Crippen molar-refractivity contribution in [3.05, 3.63) is 42.8 Å². The summed E-state index contributed by atoms with van der Waals surface area (Å²) in [5, 5.41) is 0. The zero-order valence-electron chi connectivity index (χ0n) is 10.1. The van der Waals surface area contributed by atoms with E-state index >= 15 is 0 Å². The SMILES string of the molecule is C[PH](C)=O.Cc1c[c-]ccc1C.[CH3-].[W].[Y]. The monoisotopic (exact) mass is 471 g/mol. The number of rotatable bonds is 0. The van der Waals surface area contributed by atoms with Crippen molar-refractivity contribution in [1.82, 2.24) is 0 Å². The molecular weight excluding hydrogens is 452 g/mol. The second kappa shape index (κ2) is 15.2. The molecule has 85 valence electrons. The van der Waals surface area contributed by atoms with E-state index in [-0.39, 0.29) is 61.2 Å². The Balaban J connectivity index is -0.0000000779. The maximum Gasteiger partial charge on any atom is 0.0703 e. The number of hydrogen-bond donors (Lipinski definition) is 0. The van der Waals surface area contributed by atoms with Gasteiger partial charge in [0.15, 0.2) is 0 Å². The summed E-state index contributed by atoms with van der Waals surface area (Å²) in [4.78, 5) is 0. The molecule has 0 heterocycles. The van der Waals surface area contributed by atoms with E-state index in [0.717, 1.165) is 0 Å². The molecule has 1 nitrogen and oxygen atoms in total. The third kappa shape index (κ3) is 17.8. The first-order valence-corrected chi connectivity index (χ1v) is 6.35. The van der Waals surface area contributed by atoms with Gasteiger partial charge in [0.25, 0.3) is 0 Å². The molecule has 0 unspecified atom stereocenters. The molecule has 1 aromatic rings. The van der Waals surface area contributed by atoms with Gasteiger partial charge in [-0.1, -0.05) is 13.8 Å². The Hall–Kier alpha value is 1.24. The first-order valence-electron chi connectivity index (χ1n) is 3.94. The van der Waals surface area contributed by atoms with E-state index in [9.17, 15) is 4.57 Å². The average molecular weight is 471 g/mol. The molecule has 1 rings (SSSR count). The normalized spacial score (nSPS) is 7.27. The molecule has 0 spiro atoms. The number of aryl methyl sites for hydroxylation is 2. The fraction of sp³-hybridized carbons (Fsp3) is 0.364. The van der Waals surface area contributed by atoms with Crippen LogP contribution in [0.4, 0.5) is 0 Å². The minimum Gasteiger partial charge on any atom is -0.358 e. The quantitative estimate of drug-likeness (QED) is 0.420. The fourth-order valence-electron chi connectivity index (χ4n) is 0.592. The number of benzene rings is 1. The third-order valence-corrected chi connectivity index (χ3v) is 1.35. The van der Waals surface area contributed by atoms with Crippen LogP contribution in [-0.2, 0) is 58.3 Å². The van der Waals surface area contributed by atoms with Gasteiger partial charge in [0, 0.05) is 53.8 Å². The van der Waals surface area contributed by atoms with Crippen LogP contribution in [0.3, 0.4) is 0 Å². The molecule has 0 N–H and O–H groups in total. The molecule has 0 amide bonds. The predicted molar refractivity (Wildman–Crippen MR) is 62.0 cm³/mol. The minimum atomic E-state index is -1.13. The summed E-state index contributed by atoms with van der Waals surface area (Å²) in [6, 6.07) is 8.99. The standard InChI is InChI=1S/C8H9.C2H7OP.CH3.W.Y/c1-7-5-3-4-6-8(7)2;1-4(2)3;;;/h3,5-6H,1-2H3;4H,1-2H3;1H3;;/q-1;;-1;;. The summed E-state index contributed by atoms with van der Waals surface area (Å²) in [5.41, 5.74) is 2.65. The Kier molecular flexibility index (Phi) is 25.6. The van der Waals surface area contributed by atoms with E-state index in [1.165, 1.54) is 11.1 Å². The first-order chi connectivity index (χ1) is 5.54. The van der Waals surface area contributed by atoms with Gasteiger partial charge >= 0.3 is 0 Å². The van der Waals surface area contributed by atoms with Crippen molar-refractivity contribution in [2.75, 3.05) is 13.3 Å². The van der Waals surface area contributed by atoms with Crippen LogP contribution < -0.4 is 0 Å². The van der Waals surface area contributed by atoms with Gasteiger partial charge in [-0.25, -0.2) is 0 Å². The Morgan fingerprint density at radius 1 is 1.20 bits per heavy atom. The van der Waals surface area contributed by atoms with Crippen molar-refractivity contribution < 1.29 is 58.3 Å². The van der Waals surface area contributed by atoms with Crippen LogP contribution in [0.15, 0.2) is 18.2 Å². The van der Waals surface area contributed by atoms with Crippen LogP contribution in [0.1, 0.15) is 11.1 Å². The molecule has 0 aromatic heterocycles. The zero-order valence-corrected chi connectivity index (χ0v) is 16.9. The molecule has 4 heteroatoms. The van der Waals surface area contributed by atoms with E-state index in [1.54, 1.807) is 13.3 Å². The van der Waals surface area contributed by atoms with E-state index in [1.807, 2.05) is 12.1 Å². The topological polar surface area (TPSA) is 17.1 Å². The average Bonchev–Trinajstić information content (AvgIpc) is 1.94. The van der Waals surface area contributed by atoms with Crippen LogP contribution in [-0.4, -0.2) is 13.3 Å². The summed E-state index contributed by atoms with van der Waals surface area (Å²) >= 11 is 0. The Morgan fingerprint density at radius 3 is 1.80 bits per heavy atom. The van der Waals surface area contributed by atoms with Crippen molar-refractivity contribution >= 4 is 7.80 Å². The summed E-state index contributed by atoms with van der Waals surface area (Å²) in [6.07, 6.45) is 0. The number of hydrogen-bond acceptors (Lipinski definition) is 1. The Morgan fingerprint density at radius 2 is 1.60 bits per heavy atom. The van der Waals surface area contributed by atoms with Crippen molar-refractivity contribution in [2.45, 2.75) is 13.8 Å². The van der Waals surface area contributed by atoms with Crippen molar-refractivity contribution in [2.24, 2.45) is 0 Å². The van der Waals surface area contributed by atoms with Crippen LogP contribution >= 0.6 is 7.80 Å². The van der Waals surface area contributed by atoms with Gasteiger partial charge in [0.1, 0.15) is 0 Å². The molecule has 0 aliphatic carbocycles. The smallest absolute Gasteiger partial charge is 0.0703 e. The van der Waals surface area contributed by atoms with E-state index in [4.69, 9.17) is 0 Å². The molecule has 1 radical (unpaired) electrons. The molecule has 0 aliphatic rings. The fourth-order valence-corrected chi connectivity index (χ4v) is 0.592. The molecule has 0 bridgehead atoms. The van der Waals surface area contributed by atoms with Gasteiger partial charge < -0.3 is 12.0 Å². The summed E-state index contributed by atoms with van der Waals surface area (Å²) < 4.78 is 9.63. The summed E-state index contributed by atoms with van der Waals surface area (Å²) in [7, 11) is -1.13. The van der Waals surface area contributed by atoms with Crippen molar-refractivity contribution in [3.63, 3.8) is 0 Å². The maximum atomic E-state index is 9.63. The summed E-state index contributed by atoms with van der Waals surface area (Å²) in [5.74, 6) is 0. The zero-order chi connectivity index (χ0) is 9.56. The Bertz CT molecular complexity index is 242. The van der Waals surface area contributed by atoms with Crippen LogP contribution in [0.2, 0.25) is 0 Å². The van der Waals surface area contributed by atoms with E-state index in [0.29, 0.717) is 0 Å². The van der Waals surface area contributed by atoms with Gasteiger partial charge in [-0.3, -0.25) is 0 Å². The van der Waals surface area contributed by atoms with Crippen molar-refractivity contribution in [1.29, 1.82) is 0 Å². The second-order valence-electron chi connectivity index (χ2n) is 2.92. The first kappa shape index (κ1) is 25.2. The van der Waals surface area contributed by atoms with E-state index in [2.05, 4.69) is 26.0 Å². The molecule has 15 heavy (non-hydrogen) atoms. The second-order valence-corrected chi connectivity index (χ2v) is 4.74. The van der Waals surface area contributed by atoms with Gasteiger partial charge in [0.2, 0.25) is 0 Å². The van der Waals surface area contributed by atoms with Crippen LogP contribution in [0.25, 0.3) is 0 Å². The van der Waals surface area contributed by atoms with Gasteiger partial charge in [-0.15, -0.1) is 0 Å². The summed E-state index contributed by atoms with van der Waals surface area (Å²) in [6.45, 7) is 7.62. The molecule has 0 aliphatic heterocycles. The molecule has 0 fully saturated rings. The van der Waals surface area contributed by atoms with Crippen LogP contribution in [0, 0.1) is 27.3 Å². The van der Waals surface area contributed by atoms with Gasteiger partial charge in [-0.2, -0.15) is 35.4 Å². The molecule has 0 atom stereocenters. The molecule has 1 aromatic carbocycles. The van der Waals surface area contributed by atoms with Crippen LogP contribution in [0.5, 0.6) is 0 Å². The molecule has 0 saturated heterocycles. The molecular formula is C11H19OPWY-2. The predicted octanol–water partition coefficient (Wildman–Crippen LogP) is 3.35. The maximum absolute atomic E-state index is 9.63. The largest absolute Gasteiger partial charge is 0.358 e. The minimum absolute atomic E-state index is 0. The molecule has 0 saturated carbocycles. The van der Waals surface area contributed by atoms with E-state index < -0.39 is 7.80 Å². The Labute approximate surface area is 135 Å². The van der Waals surface area contributed by atoms with Gasteiger partial charge in [0.05, 0.1) is 7.80 Å². The van der Waals surface area contributed by atoms with Gasteiger partial charge in [-0.05, 0) is 13.3 Å².